The highest BCUT2D eigenvalue weighted by molar-refractivity contribution is 5.88. The maximum Gasteiger partial charge on any atom is 0.303 e. The van der Waals surface area contributed by atoms with E-state index in [4.69, 9.17) is 10.8 Å². The van der Waals surface area contributed by atoms with E-state index in [0.29, 0.717) is 11.3 Å². The van der Waals surface area contributed by atoms with Gasteiger partial charge in [-0.3, -0.25) is 9.59 Å². The Kier molecular flexibility index (Phi) is 5.47. The fourth-order valence-corrected chi connectivity index (χ4v) is 1.66. The molecule has 19 heavy (non-hydrogen) atoms. The van der Waals surface area contributed by atoms with E-state index in [9.17, 15) is 14.7 Å². The summed E-state index contributed by atoms with van der Waals surface area (Å²) in [7, 11) is 0. The largest absolute Gasteiger partial charge is 0.481 e. The van der Waals surface area contributed by atoms with Gasteiger partial charge in [0.2, 0.25) is 5.91 Å². The number of aliphatic hydroxyl groups excluding tert-OH is 1. The molecule has 0 saturated carbocycles. The number of hydrogen-bond donors (Lipinski definition) is 4. The topological polar surface area (TPSA) is 113 Å². The maximum absolute atomic E-state index is 10.9. The predicted octanol–water partition coefficient (Wildman–Crippen LogP) is 0.870. The molecule has 0 aliphatic rings. The van der Waals surface area contributed by atoms with Crippen LogP contribution in [0.1, 0.15) is 31.4 Å². The molecule has 2 unspecified atom stereocenters. The minimum Gasteiger partial charge on any atom is -0.481 e. The summed E-state index contributed by atoms with van der Waals surface area (Å²) < 4.78 is 0. The number of benzene rings is 1. The van der Waals surface area contributed by atoms with Gasteiger partial charge in [-0.15, -0.1) is 0 Å². The molecule has 6 heteroatoms. The first-order chi connectivity index (χ1) is 8.90. The zero-order chi connectivity index (χ0) is 14.4. The number of aliphatic carboxylic acids is 1. The monoisotopic (exact) mass is 266 g/mol. The number of aliphatic hydroxyl groups is 1. The fraction of sp³-hybridized carbons (Fsp3) is 0.385. The smallest absolute Gasteiger partial charge is 0.303 e. The Morgan fingerprint density at radius 1 is 1.32 bits per heavy atom. The van der Waals surface area contributed by atoms with Gasteiger partial charge in [-0.2, -0.15) is 0 Å². The fourth-order valence-electron chi connectivity index (χ4n) is 1.66. The van der Waals surface area contributed by atoms with Crippen LogP contribution in [-0.2, 0) is 9.59 Å². The number of anilines is 1. The van der Waals surface area contributed by atoms with Crippen LogP contribution in [-0.4, -0.2) is 28.1 Å². The maximum atomic E-state index is 10.9. The lowest BCUT2D eigenvalue weighted by atomic mass is 9.99. The van der Waals surface area contributed by atoms with Gasteiger partial charge < -0.3 is 21.3 Å². The molecule has 1 aromatic rings. The standard InChI is InChI=1S/C13H18N2O4/c1-8(16)15-10-4-2-9(3-5-10)13(19)11(14)6-7-12(17)18/h2-5,11,13,19H,6-7,14H2,1H3,(H,15,16)(H,17,18). The molecule has 0 saturated heterocycles. The number of nitrogens with one attached hydrogen (secondary N) is 1. The summed E-state index contributed by atoms with van der Waals surface area (Å²) in [6, 6.07) is 5.98. The Labute approximate surface area is 111 Å². The van der Waals surface area contributed by atoms with Gasteiger partial charge in [0.05, 0.1) is 6.10 Å². The molecule has 1 amide bonds. The summed E-state index contributed by atoms with van der Waals surface area (Å²) in [6.07, 6.45) is -0.808. The van der Waals surface area contributed by atoms with E-state index in [2.05, 4.69) is 5.32 Å². The third-order valence-corrected chi connectivity index (χ3v) is 2.67. The molecule has 0 aromatic heterocycles. The van der Waals surface area contributed by atoms with Crippen LogP contribution in [0.5, 0.6) is 0 Å². The molecule has 5 N–H and O–H groups in total. The summed E-state index contributed by atoms with van der Waals surface area (Å²) in [5.41, 5.74) is 6.95. The highest BCUT2D eigenvalue weighted by Gasteiger charge is 2.17. The Balaban J connectivity index is 2.63. The molecule has 6 nitrogen and oxygen atoms in total. The molecule has 0 aliphatic carbocycles. The quantitative estimate of drug-likeness (QED) is 0.610. The summed E-state index contributed by atoms with van der Waals surface area (Å²) in [6.45, 7) is 1.41. The summed E-state index contributed by atoms with van der Waals surface area (Å²) in [4.78, 5) is 21.3. The van der Waals surface area contributed by atoms with Crippen molar-refractivity contribution in [2.24, 2.45) is 5.73 Å². The number of carbonyl (C=O) groups excluding carboxylic acids is 1. The normalized spacial score (nSPS) is 13.6. The average molecular weight is 266 g/mol. The molecule has 0 spiro atoms. The third-order valence-electron chi connectivity index (χ3n) is 2.67. The summed E-state index contributed by atoms with van der Waals surface area (Å²) >= 11 is 0. The van der Waals surface area contributed by atoms with Gasteiger partial charge >= 0.3 is 5.97 Å². The molecule has 2 atom stereocenters. The third kappa shape index (κ3) is 5.07. The molecule has 0 heterocycles. The summed E-state index contributed by atoms with van der Waals surface area (Å²) in [5, 5.41) is 21.1. The van der Waals surface area contributed by atoms with E-state index in [1.165, 1.54) is 6.92 Å². The predicted molar refractivity (Wildman–Crippen MR) is 70.6 cm³/mol. The second-order valence-corrected chi connectivity index (χ2v) is 4.34. The lowest BCUT2D eigenvalue weighted by Crippen LogP contribution is -2.29. The molecule has 1 aromatic carbocycles. The van der Waals surface area contributed by atoms with Crippen LogP contribution in [0.3, 0.4) is 0 Å². The number of carboxylic acids is 1. The van der Waals surface area contributed by atoms with Crippen molar-refractivity contribution in [1.82, 2.24) is 0 Å². The molecular formula is C13H18N2O4. The van der Waals surface area contributed by atoms with E-state index in [0.717, 1.165) is 0 Å². The highest BCUT2D eigenvalue weighted by atomic mass is 16.4. The van der Waals surface area contributed by atoms with E-state index >= 15 is 0 Å². The molecular weight excluding hydrogens is 248 g/mol. The van der Waals surface area contributed by atoms with Gasteiger partial charge in [-0.05, 0) is 24.1 Å². The first kappa shape index (κ1) is 15.1. The number of carboxylic acid groups (broad SMARTS) is 1. The van der Waals surface area contributed by atoms with Gasteiger partial charge in [-0.25, -0.2) is 0 Å². The number of rotatable bonds is 6. The van der Waals surface area contributed by atoms with Crippen molar-refractivity contribution >= 4 is 17.6 Å². The Morgan fingerprint density at radius 3 is 2.37 bits per heavy atom. The van der Waals surface area contributed by atoms with Crippen LogP contribution < -0.4 is 11.1 Å². The van der Waals surface area contributed by atoms with Crippen LogP contribution in [0, 0.1) is 0 Å². The van der Waals surface area contributed by atoms with E-state index in [1.807, 2.05) is 0 Å². The van der Waals surface area contributed by atoms with Crippen LogP contribution in [0.25, 0.3) is 0 Å². The lowest BCUT2D eigenvalue weighted by molar-refractivity contribution is -0.137. The van der Waals surface area contributed by atoms with Crippen LogP contribution in [0.4, 0.5) is 5.69 Å². The van der Waals surface area contributed by atoms with Crippen molar-refractivity contribution in [1.29, 1.82) is 0 Å². The molecule has 1 rings (SSSR count). The number of nitrogens with two attached hydrogens (primary N) is 1. The minimum atomic E-state index is -0.941. The second-order valence-electron chi connectivity index (χ2n) is 4.34. The van der Waals surface area contributed by atoms with E-state index in [1.54, 1.807) is 24.3 Å². The molecule has 0 fully saturated rings. The average Bonchev–Trinajstić information content (AvgIpc) is 2.35. The molecule has 104 valence electrons. The Bertz CT molecular complexity index is 444. The Hall–Kier alpha value is -1.92. The van der Waals surface area contributed by atoms with Crippen molar-refractivity contribution in [2.75, 3.05) is 5.32 Å². The number of amides is 1. The van der Waals surface area contributed by atoms with Gasteiger partial charge in [0.25, 0.3) is 0 Å². The lowest BCUT2D eigenvalue weighted by Gasteiger charge is -2.18. The SMILES string of the molecule is CC(=O)Nc1ccc(C(O)C(N)CCC(=O)O)cc1. The van der Waals surface area contributed by atoms with Gasteiger partial charge in [0.15, 0.2) is 0 Å². The molecule has 0 bridgehead atoms. The van der Waals surface area contributed by atoms with E-state index in [-0.39, 0.29) is 18.7 Å². The zero-order valence-corrected chi connectivity index (χ0v) is 10.7. The molecule has 0 radical (unpaired) electrons. The minimum absolute atomic E-state index is 0.0811. The first-order valence-corrected chi connectivity index (χ1v) is 5.93. The van der Waals surface area contributed by atoms with Crippen molar-refractivity contribution in [3.63, 3.8) is 0 Å². The highest BCUT2D eigenvalue weighted by Crippen LogP contribution is 2.20. The van der Waals surface area contributed by atoms with Crippen LogP contribution in [0.15, 0.2) is 24.3 Å². The summed E-state index contributed by atoms with van der Waals surface area (Å²) in [5.74, 6) is -1.12. The number of hydrogen-bond acceptors (Lipinski definition) is 4. The van der Waals surface area contributed by atoms with Crippen molar-refractivity contribution in [3.8, 4) is 0 Å². The molecule has 0 aliphatic heterocycles. The van der Waals surface area contributed by atoms with Crippen LogP contribution in [0.2, 0.25) is 0 Å². The van der Waals surface area contributed by atoms with E-state index < -0.39 is 18.1 Å². The Morgan fingerprint density at radius 2 is 1.89 bits per heavy atom. The van der Waals surface area contributed by atoms with Crippen molar-refractivity contribution in [3.05, 3.63) is 29.8 Å². The van der Waals surface area contributed by atoms with Crippen LogP contribution >= 0.6 is 0 Å². The van der Waals surface area contributed by atoms with Gasteiger partial charge in [0.1, 0.15) is 0 Å². The first-order valence-electron chi connectivity index (χ1n) is 5.93. The second kappa shape index (κ2) is 6.86. The van der Waals surface area contributed by atoms with Crippen molar-refractivity contribution < 1.29 is 19.8 Å². The van der Waals surface area contributed by atoms with Gasteiger partial charge in [-0.1, -0.05) is 12.1 Å². The van der Waals surface area contributed by atoms with Gasteiger partial charge in [0, 0.05) is 25.1 Å². The van der Waals surface area contributed by atoms with Crippen molar-refractivity contribution in [2.45, 2.75) is 31.9 Å². The number of carbonyl (C=O) groups is 2. The zero-order valence-electron chi connectivity index (χ0n) is 10.7.